The molecule has 0 aliphatic rings. The third-order valence-corrected chi connectivity index (χ3v) is 5.67. The molecule has 0 aliphatic heterocycles. The Bertz CT molecular complexity index is 766. The Balaban J connectivity index is 5.19. The van der Waals surface area contributed by atoms with Gasteiger partial charge in [-0.15, -0.1) is 0 Å². The van der Waals surface area contributed by atoms with Crippen molar-refractivity contribution in [2.45, 2.75) is 56.3 Å². The SMILES string of the molecule is CSCCC(NC(=O)C(CCC(N)=O)NC(=O)C(CS)NC(=O)C(N)CCCN=C(N)N)C(=O)O. The Morgan fingerprint density at radius 1 is 0.914 bits per heavy atom. The van der Waals surface area contributed by atoms with Gasteiger partial charge in [0, 0.05) is 18.7 Å². The van der Waals surface area contributed by atoms with Crippen molar-refractivity contribution in [3.05, 3.63) is 0 Å². The third-order valence-electron chi connectivity index (χ3n) is 4.66. The minimum Gasteiger partial charge on any atom is -0.480 e. The van der Waals surface area contributed by atoms with Crippen molar-refractivity contribution in [2.24, 2.45) is 27.9 Å². The number of carbonyl (C=O) groups is 5. The van der Waals surface area contributed by atoms with Gasteiger partial charge in [-0.1, -0.05) is 0 Å². The van der Waals surface area contributed by atoms with Gasteiger partial charge in [0.05, 0.1) is 6.04 Å². The zero-order valence-corrected chi connectivity index (χ0v) is 21.3. The fourth-order valence-corrected chi connectivity index (χ4v) is 3.44. The maximum absolute atomic E-state index is 12.7. The number of primary amides is 1. The highest BCUT2D eigenvalue weighted by Crippen LogP contribution is 2.05. The van der Waals surface area contributed by atoms with E-state index in [2.05, 4.69) is 33.6 Å². The van der Waals surface area contributed by atoms with Crippen LogP contribution >= 0.6 is 24.4 Å². The summed E-state index contributed by atoms with van der Waals surface area (Å²) < 4.78 is 0. The number of carboxylic acids is 1. The molecule has 0 spiro atoms. The smallest absolute Gasteiger partial charge is 0.326 e. The van der Waals surface area contributed by atoms with Crippen molar-refractivity contribution < 1.29 is 29.1 Å². The van der Waals surface area contributed by atoms with Crippen LogP contribution in [0, 0.1) is 0 Å². The number of aliphatic imine (C=N–C) groups is 1. The van der Waals surface area contributed by atoms with Crippen LogP contribution in [0.3, 0.4) is 0 Å². The minimum atomic E-state index is -1.27. The molecule has 35 heavy (non-hydrogen) atoms. The number of thioether (sulfide) groups is 1. The molecule has 14 nitrogen and oxygen atoms in total. The average molecular weight is 537 g/mol. The zero-order valence-electron chi connectivity index (χ0n) is 19.6. The number of guanidine groups is 1. The van der Waals surface area contributed by atoms with Gasteiger partial charge in [-0.3, -0.25) is 24.2 Å². The molecular formula is C19H36N8O6S2. The monoisotopic (exact) mass is 536 g/mol. The van der Waals surface area contributed by atoms with E-state index in [9.17, 15) is 29.1 Å². The van der Waals surface area contributed by atoms with Crippen LogP contribution in [-0.2, 0) is 24.0 Å². The van der Waals surface area contributed by atoms with E-state index in [-0.39, 0.29) is 43.9 Å². The average Bonchev–Trinajstić information content (AvgIpc) is 2.79. The number of thiol groups is 1. The van der Waals surface area contributed by atoms with Gasteiger partial charge >= 0.3 is 5.97 Å². The fourth-order valence-electron chi connectivity index (χ4n) is 2.72. The molecule has 12 N–H and O–H groups in total. The molecule has 16 heteroatoms. The molecule has 0 saturated heterocycles. The third kappa shape index (κ3) is 14.3. The highest BCUT2D eigenvalue weighted by molar-refractivity contribution is 7.98. The molecule has 0 heterocycles. The maximum Gasteiger partial charge on any atom is 0.326 e. The van der Waals surface area contributed by atoms with Crippen LogP contribution in [0.1, 0.15) is 32.1 Å². The van der Waals surface area contributed by atoms with E-state index in [1.54, 1.807) is 6.26 Å². The van der Waals surface area contributed by atoms with Crippen LogP contribution in [0.25, 0.3) is 0 Å². The Morgan fingerprint density at radius 2 is 1.49 bits per heavy atom. The van der Waals surface area contributed by atoms with Crippen LogP contribution in [-0.4, -0.2) is 89.1 Å². The van der Waals surface area contributed by atoms with Crippen molar-refractivity contribution >= 4 is 59.9 Å². The largest absolute Gasteiger partial charge is 0.480 e. The van der Waals surface area contributed by atoms with Crippen molar-refractivity contribution in [2.75, 3.05) is 24.3 Å². The molecule has 200 valence electrons. The second-order valence-electron chi connectivity index (χ2n) is 7.55. The van der Waals surface area contributed by atoms with E-state index < -0.39 is 53.8 Å². The first-order valence-corrected chi connectivity index (χ1v) is 12.8. The lowest BCUT2D eigenvalue weighted by Crippen LogP contribution is -2.57. The van der Waals surface area contributed by atoms with E-state index in [4.69, 9.17) is 22.9 Å². The summed E-state index contributed by atoms with van der Waals surface area (Å²) in [6.45, 7) is 0.282. The van der Waals surface area contributed by atoms with E-state index in [1.807, 2.05) is 0 Å². The van der Waals surface area contributed by atoms with Gasteiger partial charge < -0.3 is 44.0 Å². The number of aliphatic carboxylic acids is 1. The molecule has 4 atom stereocenters. The summed E-state index contributed by atoms with van der Waals surface area (Å²) >= 11 is 5.48. The Hall–Kier alpha value is -2.72. The summed E-state index contributed by atoms with van der Waals surface area (Å²) in [4.78, 5) is 64.2. The lowest BCUT2D eigenvalue weighted by atomic mass is 10.1. The van der Waals surface area contributed by atoms with E-state index in [1.165, 1.54) is 11.8 Å². The topological polar surface area (TPSA) is 258 Å². The highest BCUT2D eigenvalue weighted by Gasteiger charge is 2.30. The quantitative estimate of drug-likeness (QED) is 0.0368. The lowest BCUT2D eigenvalue weighted by Gasteiger charge is -2.24. The first-order chi connectivity index (χ1) is 16.4. The van der Waals surface area contributed by atoms with Crippen molar-refractivity contribution in [1.29, 1.82) is 0 Å². The van der Waals surface area contributed by atoms with E-state index in [0.717, 1.165) is 0 Å². The van der Waals surface area contributed by atoms with Crippen LogP contribution in [0.2, 0.25) is 0 Å². The molecule has 0 fully saturated rings. The molecule has 0 aromatic heterocycles. The van der Waals surface area contributed by atoms with Gasteiger partial charge in [0.1, 0.15) is 18.1 Å². The summed E-state index contributed by atoms with van der Waals surface area (Å²) in [5, 5.41) is 16.6. The molecule has 0 radical (unpaired) electrons. The maximum atomic E-state index is 12.7. The molecule has 0 aromatic carbocycles. The first-order valence-electron chi connectivity index (χ1n) is 10.8. The number of hydrogen-bond donors (Lipinski definition) is 9. The summed E-state index contributed by atoms with van der Waals surface area (Å²) in [5.74, 6) is -3.84. The van der Waals surface area contributed by atoms with Crippen LogP contribution in [0.15, 0.2) is 4.99 Å². The van der Waals surface area contributed by atoms with E-state index in [0.29, 0.717) is 12.2 Å². The molecule has 0 saturated carbocycles. The summed E-state index contributed by atoms with van der Waals surface area (Å²) in [6, 6.07) is -4.54. The number of carbonyl (C=O) groups excluding carboxylic acids is 4. The van der Waals surface area contributed by atoms with Crippen LogP contribution < -0.4 is 38.9 Å². The summed E-state index contributed by atoms with van der Waals surface area (Å²) in [5.41, 5.74) is 21.4. The molecule has 4 unspecified atom stereocenters. The molecule has 0 bridgehead atoms. The van der Waals surface area contributed by atoms with Gasteiger partial charge in [-0.25, -0.2) is 4.79 Å². The number of hydrogen-bond acceptors (Lipinski definition) is 9. The number of amides is 4. The molecule has 0 aliphatic carbocycles. The summed E-state index contributed by atoms with van der Waals surface area (Å²) in [7, 11) is 0. The zero-order chi connectivity index (χ0) is 27.0. The molecule has 0 aromatic rings. The predicted octanol–water partition coefficient (Wildman–Crippen LogP) is -3.15. The molecule has 0 rings (SSSR count). The van der Waals surface area contributed by atoms with Crippen molar-refractivity contribution in [3.63, 3.8) is 0 Å². The first kappa shape index (κ1) is 32.3. The lowest BCUT2D eigenvalue weighted by molar-refractivity contribution is -0.142. The normalized spacial score (nSPS) is 14.0. The number of nitrogens with zero attached hydrogens (tertiary/aromatic N) is 1. The predicted molar refractivity (Wildman–Crippen MR) is 137 cm³/mol. The standard InChI is InChI=1S/C19H36N8O6S2/c1-35-8-6-12(18(32)33)26-16(30)11(4-5-14(21)28)25-17(31)13(9-34)27-15(29)10(20)3-2-7-24-19(22)23/h10-13,34H,2-9,20H2,1H3,(H2,21,28)(H,25,31)(H,26,30)(H,27,29)(H,32,33)(H4,22,23,24). The van der Waals surface area contributed by atoms with E-state index >= 15 is 0 Å². The second kappa shape index (κ2) is 17.7. The van der Waals surface area contributed by atoms with Crippen LogP contribution in [0.5, 0.6) is 0 Å². The van der Waals surface area contributed by atoms with Crippen molar-refractivity contribution in [3.8, 4) is 0 Å². The molecular weight excluding hydrogens is 500 g/mol. The minimum absolute atomic E-state index is 0.0799. The Labute approximate surface area is 213 Å². The Morgan fingerprint density at radius 3 is 2.00 bits per heavy atom. The molecule has 4 amide bonds. The van der Waals surface area contributed by atoms with Gasteiger partial charge in [-0.2, -0.15) is 24.4 Å². The van der Waals surface area contributed by atoms with Gasteiger partial charge in [0.15, 0.2) is 5.96 Å². The van der Waals surface area contributed by atoms with Crippen molar-refractivity contribution in [1.82, 2.24) is 16.0 Å². The summed E-state index contributed by atoms with van der Waals surface area (Å²) in [6.07, 6.45) is 2.23. The number of nitrogens with two attached hydrogens (primary N) is 4. The second-order valence-corrected chi connectivity index (χ2v) is 8.90. The fraction of sp³-hybridized carbons (Fsp3) is 0.684. The Kier molecular flexibility index (Phi) is 16.3. The highest BCUT2D eigenvalue weighted by atomic mass is 32.2. The number of rotatable bonds is 18. The van der Waals surface area contributed by atoms with Gasteiger partial charge in [0.2, 0.25) is 23.6 Å². The number of carboxylic acid groups (broad SMARTS) is 1. The van der Waals surface area contributed by atoms with Crippen LogP contribution in [0.4, 0.5) is 0 Å². The number of nitrogens with one attached hydrogen (secondary N) is 3. The van der Waals surface area contributed by atoms with Gasteiger partial charge in [0.25, 0.3) is 0 Å². The van der Waals surface area contributed by atoms with Gasteiger partial charge in [-0.05, 0) is 37.7 Å².